The molecule has 1 aromatic heterocycles. The number of ether oxygens (including phenoxy) is 1. The molecule has 0 amide bonds. The standard InChI is InChI=1S/C14H19N3O3/c1-8(2)12(18)11(15-3)13(19)20-14-16-9-6-4-5-7-10(9)17-14/h4-8,11-12,15,18H,1-3H3,(H,16,17)/t11-,12+/m0/s1. The Labute approximate surface area is 117 Å². The van der Waals surface area contributed by atoms with Gasteiger partial charge in [-0.3, -0.25) is 0 Å². The average Bonchev–Trinajstić information content (AvgIpc) is 2.81. The van der Waals surface area contributed by atoms with Gasteiger partial charge in [0.1, 0.15) is 6.04 Å². The van der Waals surface area contributed by atoms with Crippen LogP contribution in [0.1, 0.15) is 13.8 Å². The van der Waals surface area contributed by atoms with E-state index in [1.165, 1.54) is 0 Å². The number of aliphatic hydroxyl groups is 1. The van der Waals surface area contributed by atoms with Crippen molar-refractivity contribution in [1.29, 1.82) is 0 Å². The van der Waals surface area contributed by atoms with Crippen molar-refractivity contribution >= 4 is 17.0 Å². The van der Waals surface area contributed by atoms with E-state index in [0.717, 1.165) is 11.0 Å². The third-order valence-electron chi connectivity index (χ3n) is 3.15. The predicted octanol–water partition coefficient (Wildman–Crippen LogP) is 1.07. The Morgan fingerprint density at radius 2 is 2.10 bits per heavy atom. The van der Waals surface area contributed by atoms with Gasteiger partial charge in [-0.2, -0.15) is 4.98 Å². The third kappa shape index (κ3) is 2.97. The van der Waals surface area contributed by atoms with E-state index >= 15 is 0 Å². The van der Waals surface area contributed by atoms with Crippen LogP contribution in [-0.2, 0) is 4.79 Å². The Hall–Kier alpha value is -1.92. The fourth-order valence-corrected chi connectivity index (χ4v) is 1.95. The van der Waals surface area contributed by atoms with Gasteiger partial charge in [-0.05, 0) is 25.1 Å². The minimum Gasteiger partial charge on any atom is -0.391 e. The van der Waals surface area contributed by atoms with Crippen molar-refractivity contribution in [3.05, 3.63) is 24.3 Å². The number of hydrogen-bond acceptors (Lipinski definition) is 5. The third-order valence-corrected chi connectivity index (χ3v) is 3.15. The van der Waals surface area contributed by atoms with Crippen LogP contribution in [-0.4, -0.2) is 40.2 Å². The molecule has 108 valence electrons. The van der Waals surface area contributed by atoms with Gasteiger partial charge in [0, 0.05) is 0 Å². The number of fused-ring (bicyclic) bond motifs is 1. The molecule has 0 saturated carbocycles. The zero-order chi connectivity index (χ0) is 14.7. The first-order chi connectivity index (χ1) is 9.52. The Morgan fingerprint density at radius 3 is 2.70 bits per heavy atom. The number of likely N-dealkylation sites (N-methyl/N-ethyl adjacent to an activating group) is 1. The summed E-state index contributed by atoms with van der Waals surface area (Å²) in [6, 6.07) is 6.73. The minimum atomic E-state index is -0.822. The molecule has 1 aromatic carbocycles. The number of benzene rings is 1. The average molecular weight is 277 g/mol. The summed E-state index contributed by atoms with van der Waals surface area (Å²) in [5.74, 6) is -0.622. The number of nitrogens with one attached hydrogen (secondary N) is 2. The molecule has 0 saturated heterocycles. The number of imidazole rings is 1. The van der Waals surface area contributed by atoms with E-state index < -0.39 is 18.1 Å². The number of aliphatic hydroxyl groups excluding tert-OH is 1. The molecule has 0 aliphatic rings. The number of hydrogen-bond donors (Lipinski definition) is 3. The van der Waals surface area contributed by atoms with Crippen LogP contribution in [0.25, 0.3) is 11.0 Å². The van der Waals surface area contributed by atoms with E-state index in [1.807, 2.05) is 38.1 Å². The number of nitrogens with zero attached hydrogens (tertiary/aromatic N) is 1. The number of para-hydroxylation sites is 2. The number of H-pyrrole nitrogens is 1. The highest BCUT2D eigenvalue weighted by atomic mass is 16.6. The van der Waals surface area contributed by atoms with Crippen LogP contribution >= 0.6 is 0 Å². The largest absolute Gasteiger partial charge is 0.391 e. The molecule has 0 radical (unpaired) electrons. The zero-order valence-corrected chi connectivity index (χ0v) is 11.8. The summed E-state index contributed by atoms with van der Waals surface area (Å²) in [6.07, 6.45) is -0.822. The van der Waals surface area contributed by atoms with Gasteiger partial charge in [0.05, 0.1) is 17.1 Å². The van der Waals surface area contributed by atoms with Gasteiger partial charge in [-0.15, -0.1) is 0 Å². The first-order valence-electron chi connectivity index (χ1n) is 6.54. The van der Waals surface area contributed by atoms with Crippen molar-refractivity contribution in [2.45, 2.75) is 26.0 Å². The van der Waals surface area contributed by atoms with Crippen LogP contribution in [0.2, 0.25) is 0 Å². The molecule has 3 N–H and O–H groups in total. The fourth-order valence-electron chi connectivity index (χ4n) is 1.95. The summed E-state index contributed by atoms with van der Waals surface area (Å²) < 4.78 is 5.20. The van der Waals surface area contributed by atoms with Crippen LogP contribution in [0.15, 0.2) is 24.3 Å². The molecule has 6 heteroatoms. The lowest BCUT2D eigenvalue weighted by Gasteiger charge is -2.22. The van der Waals surface area contributed by atoms with Crippen molar-refractivity contribution in [2.75, 3.05) is 7.05 Å². The lowest BCUT2D eigenvalue weighted by molar-refractivity contribution is -0.140. The molecule has 1 heterocycles. The molecule has 6 nitrogen and oxygen atoms in total. The van der Waals surface area contributed by atoms with Gasteiger partial charge < -0.3 is 20.1 Å². The summed E-state index contributed by atoms with van der Waals surface area (Å²) in [5, 5.41) is 12.8. The van der Waals surface area contributed by atoms with E-state index in [9.17, 15) is 9.90 Å². The molecule has 0 fully saturated rings. The fraction of sp³-hybridized carbons (Fsp3) is 0.429. The molecule has 0 bridgehead atoms. The van der Waals surface area contributed by atoms with Gasteiger partial charge in [0.2, 0.25) is 0 Å². The molecule has 0 unspecified atom stereocenters. The SMILES string of the molecule is CN[C@H](C(=O)Oc1nc2ccccc2[nH]1)[C@H](O)C(C)C. The van der Waals surface area contributed by atoms with Gasteiger partial charge >= 0.3 is 12.0 Å². The number of aromatic nitrogens is 2. The molecule has 0 aliphatic carbocycles. The Balaban J connectivity index is 2.13. The van der Waals surface area contributed by atoms with E-state index in [2.05, 4.69) is 15.3 Å². The van der Waals surface area contributed by atoms with E-state index in [4.69, 9.17) is 4.74 Å². The molecule has 0 spiro atoms. The second-order valence-corrected chi connectivity index (χ2v) is 4.98. The summed E-state index contributed by atoms with van der Waals surface area (Å²) >= 11 is 0. The Kier molecular flexibility index (Phi) is 4.36. The number of carbonyl (C=O) groups excluding carboxylic acids is 1. The highest BCUT2D eigenvalue weighted by Crippen LogP contribution is 2.16. The number of rotatable bonds is 5. The van der Waals surface area contributed by atoms with Gasteiger partial charge in [-0.25, -0.2) is 4.79 Å². The monoisotopic (exact) mass is 277 g/mol. The van der Waals surface area contributed by atoms with Crippen LogP contribution in [0.3, 0.4) is 0 Å². The maximum atomic E-state index is 12.1. The van der Waals surface area contributed by atoms with Crippen LogP contribution < -0.4 is 10.1 Å². The van der Waals surface area contributed by atoms with Crippen LogP contribution in [0, 0.1) is 5.92 Å². The normalized spacial score (nSPS) is 14.4. The predicted molar refractivity (Wildman–Crippen MR) is 75.4 cm³/mol. The number of carbonyl (C=O) groups is 1. The van der Waals surface area contributed by atoms with Crippen molar-refractivity contribution in [3.8, 4) is 6.01 Å². The molecule has 2 rings (SSSR count). The molecule has 0 aliphatic heterocycles. The first kappa shape index (κ1) is 14.5. The summed E-state index contributed by atoms with van der Waals surface area (Å²) in [5.41, 5.74) is 1.52. The molecule has 2 atom stereocenters. The first-order valence-corrected chi connectivity index (χ1v) is 6.54. The second-order valence-electron chi connectivity index (χ2n) is 4.98. The zero-order valence-electron chi connectivity index (χ0n) is 11.8. The molecule has 20 heavy (non-hydrogen) atoms. The van der Waals surface area contributed by atoms with Crippen molar-refractivity contribution in [3.63, 3.8) is 0 Å². The summed E-state index contributed by atoms with van der Waals surface area (Å²) in [4.78, 5) is 19.1. The smallest absolute Gasteiger partial charge is 0.333 e. The molecular formula is C14H19N3O3. The summed E-state index contributed by atoms with van der Waals surface area (Å²) in [7, 11) is 1.61. The van der Waals surface area contributed by atoms with Crippen LogP contribution in [0.4, 0.5) is 0 Å². The van der Waals surface area contributed by atoms with Gasteiger partial charge in [0.15, 0.2) is 0 Å². The van der Waals surface area contributed by atoms with E-state index in [1.54, 1.807) is 7.05 Å². The van der Waals surface area contributed by atoms with Gasteiger partial charge in [0.25, 0.3) is 0 Å². The molecular weight excluding hydrogens is 258 g/mol. The Bertz CT molecular complexity index is 561. The maximum Gasteiger partial charge on any atom is 0.333 e. The van der Waals surface area contributed by atoms with Gasteiger partial charge in [-0.1, -0.05) is 26.0 Å². The van der Waals surface area contributed by atoms with E-state index in [-0.39, 0.29) is 11.9 Å². The van der Waals surface area contributed by atoms with Crippen molar-refractivity contribution in [2.24, 2.45) is 5.92 Å². The summed E-state index contributed by atoms with van der Waals surface area (Å²) in [6.45, 7) is 3.67. The number of esters is 1. The minimum absolute atomic E-state index is 0.0596. The second kappa shape index (κ2) is 6.02. The lowest BCUT2D eigenvalue weighted by atomic mass is 10.00. The van der Waals surface area contributed by atoms with E-state index in [0.29, 0.717) is 0 Å². The van der Waals surface area contributed by atoms with Crippen LogP contribution in [0.5, 0.6) is 6.01 Å². The topological polar surface area (TPSA) is 87.2 Å². The highest BCUT2D eigenvalue weighted by Gasteiger charge is 2.29. The lowest BCUT2D eigenvalue weighted by Crippen LogP contribution is -2.48. The van der Waals surface area contributed by atoms with Crippen molar-refractivity contribution in [1.82, 2.24) is 15.3 Å². The number of aromatic amines is 1. The Morgan fingerprint density at radius 1 is 1.40 bits per heavy atom. The highest BCUT2D eigenvalue weighted by molar-refractivity contribution is 5.80. The quantitative estimate of drug-likeness (QED) is 0.712. The molecule has 2 aromatic rings. The van der Waals surface area contributed by atoms with Crippen molar-refractivity contribution < 1.29 is 14.6 Å². The maximum absolute atomic E-state index is 12.1.